The minimum absolute atomic E-state index is 0.0506. The normalized spacial score (nSPS) is 10.1. The first kappa shape index (κ1) is 14.5. The monoisotopic (exact) mass is 250 g/mol. The van der Waals surface area contributed by atoms with Gasteiger partial charge in [-0.25, -0.2) is 0 Å². The average molecular weight is 250 g/mol. The number of likely N-dealkylation sites (N-methyl/N-ethyl adjacent to an activating group) is 1. The van der Waals surface area contributed by atoms with Crippen LogP contribution in [0.2, 0.25) is 0 Å². The molecule has 0 heterocycles. The number of hydrogen-bond acceptors (Lipinski definition) is 3. The van der Waals surface area contributed by atoms with Crippen LogP contribution < -0.4 is 15.4 Å². The summed E-state index contributed by atoms with van der Waals surface area (Å²) in [6, 6.07) is 7.25. The summed E-state index contributed by atoms with van der Waals surface area (Å²) in [7, 11) is 1.86. The van der Waals surface area contributed by atoms with E-state index in [0.717, 1.165) is 31.7 Å². The second-order valence-electron chi connectivity index (χ2n) is 4.09. The fourth-order valence-electron chi connectivity index (χ4n) is 1.44. The van der Waals surface area contributed by atoms with Gasteiger partial charge in [0, 0.05) is 18.7 Å². The molecule has 0 radical (unpaired) electrons. The molecule has 1 aromatic carbocycles. The summed E-state index contributed by atoms with van der Waals surface area (Å²) in [6.45, 7) is 4.25. The molecule has 100 valence electrons. The summed E-state index contributed by atoms with van der Waals surface area (Å²) in [5.41, 5.74) is 0.661. The van der Waals surface area contributed by atoms with Gasteiger partial charge >= 0.3 is 0 Å². The van der Waals surface area contributed by atoms with Gasteiger partial charge in [-0.15, -0.1) is 0 Å². The Balaban J connectivity index is 2.41. The fourth-order valence-corrected chi connectivity index (χ4v) is 1.44. The van der Waals surface area contributed by atoms with Gasteiger partial charge in [0.2, 0.25) is 0 Å². The molecule has 1 rings (SSSR count). The van der Waals surface area contributed by atoms with Gasteiger partial charge in [0.25, 0.3) is 5.91 Å². The maximum absolute atomic E-state index is 11.7. The van der Waals surface area contributed by atoms with E-state index in [2.05, 4.69) is 17.6 Å². The molecule has 1 aromatic rings. The van der Waals surface area contributed by atoms with Crippen molar-refractivity contribution in [3.63, 3.8) is 0 Å². The van der Waals surface area contributed by atoms with Crippen LogP contribution in [0.25, 0.3) is 0 Å². The van der Waals surface area contributed by atoms with Gasteiger partial charge in [0.05, 0.1) is 6.61 Å². The highest BCUT2D eigenvalue weighted by atomic mass is 16.5. The lowest BCUT2D eigenvalue weighted by Gasteiger charge is -2.07. The molecule has 4 heteroatoms. The van der Waals surface area contributed by atoms with Gasteiger partial charge in [-0.05, 0) is 37.7 Å². The van der Waals surface area contributed by atoms with Crippen LogP contribution in [0.15, 0.2) is 24.3 Å². The van der Waals surface area contributed by atoms with Gasteiger partial charge in [-0.2, -0.15) is 0 Å². The molecule has 4 nitrogen and oxygen atoms in total. The molecule has 0 unspecified atom stereocenters. The van der Waals surface area contributed by atoms with E-state index in [1.807, 2.05) is 19.2 Å². The Morgan fingerprint density at radius 1 is 1.22 bits per heavy atom. The largest absolute Gasteiger partial charge is 0.494 e. The third kappa shape index (κ3) is 5.19. The second-order valence-corrected chi connectivity index (χ2v) is 4.09. The van der Waals surface area contributed by atoms with Crippen LogP contribution in [0.4, 0.5) is 0 Å². The standard InChI is InChI=1S/C14H22N2O2/c1-3-4-11-18-13-7-5-12(6-8-13)14(17)16-10-9-15-2/h5-8,15H,3-4,9-11H2,1-2H3,(H,16,17). The van der Waals surface area contributed by atoms with E-state index in [0.29, 0.717) is 12.1 Å². The first-order chi connectivity index (χ1) is 8.77. The van der Waals surface area contributed by atoms with E-state index in [9.17, 15) is 4.79 Å². The summed E-state index contributed by atoms with van der Waals surface area (Å²) in [4.78, 5) is 11.7. The topological polar surface area (TPSA) is 50.4 Å². The molecule has 0 atom stereocenters. The highest BCUT2D eigenvalue weighted by Gasteiger charge is 2.04. The average Bonchev–Trinajstić information content (AvgIpc) is 2.40. The van der Waals surface area contributed by atoms with E-state index in [-0.39, 0.29) is 5.91 Å². The van der Waals surface area contributed by atoms with Gasteiger partial charge in [0.1, 0.15) is 5.75 Å². The Kier molecular flexibility index (Phi) is 6.87. The zero-order valence-corrected chi connectivity index (χ0v) is 11.2. The zero-order valence-electron chi connectivity index (χ0n) is 11.2. The molecular weight excluding hydrogens is 228 g/mol. The summed E-state index contributed by atoms with van der Waals surface area (Å²) in [5, 5.41) is 5.81. The third-order valence-corrected chi connectivity index (χ3v) is 2.54. The first-order valence-electron chi connectivity index (χ1n) is 6.43. The molecule has 0 aliphatic heterocycles. The Morgan fingerprint density at radius 3 is 2.56 bits per heavy atom. The molecule has 2 N–H and O–H groups in total. The maximum atomic E-state index is 11.7. The third-order valence-electron chi connectivity index (χ3n) is 2.54. The molecule has 0 spiro atoms. The van der Waals surface area contributed by atoms with Gasteiger partial charge < -0.3 is 15.4 Å². The molecule has 0 fully saturated rings. The first-order valence-corrected chi connectivity index (χ1v) is 6.43. The van der Waals surface area contributed by atoms with Gasteiger partial charge in [-0.3, -0.25) is 4.79 Å². The number of carbonyl (C=O) groups excluding carboxylic acids is 1. The molecule has 0 aliphatic carbocycles. The van der Waals surface area contributed by atoms with Crippen LogP contribution in [-0.2, 0) is 0 Å². The molecule has 0 aliphatic rings. The Hall–Kier alpha value is -1.55. The lowest BCUT2D eigenvalue weighted by atomic mass is 10.2. The number of hydrogen-bond donors (Lipinski definition) is 2. The van der Waals surface area contributed by atoms with Gasteiger partial charge in [-0.1, -0.05) is 13.3 Å². The SMILES string of the molecule is CCCCOc1ccc(C(=O)NCCNC)cc1. The highest BCUT2D eigenvalue weighted by molar-refractivity contribution is 5.94. The van der Waals surface area contributed by atoms with Crippen molar-refractivity contribution >= 4 is 5.91 Å². The van der Waals surface area contributed by atoms with Crippen molar-refractivity contribution in [1.82, 2.24) is 10.6 Å². The molecule has 0 aromatic heterocycles. The van der Waals surface area contributed by atoms with E-state index in [4.69, 9.17) is 4.74 Å². The quantitative estimate of drug-likeness (QED) is 0.692. The van der Waals surface area contributed by atoms with E-state index >= 15 is 0 Å². The molecule has 0 bridgehead atoms. The van der Waals surface area contributed by atoms with Crippen molar-refractivity contribution in [1.29, 1.82) is 0 Å². The van der Waals surface area contributed by atoms with Crippen LogP contribution in [0.5, 0.6) is 5.75 Å². The van der Waals surface area contributed by atoms with Crippen LogP contribution in [0.1, 0.15) is 30.1 Å². The summed E-state index contributed by atoms with van der Waals surface area (Å²) in [5.74, 6) is 0.764. The van der Waals surface area contributed by atoms with E-state index in [1.54, 1.807) is 12.1 Å². The minimum atomic E-state index is -0.0506. The summed E-state index contributed by atoms with van der Waals surface area (Å²) in [6.07, 6.45) is 2.16. The van der Waals surface area contributed by atoms with Crippen LogP contribution in [0.3, 0.4) is 0 Å². The summed E-state index contributed by atoms with van der Waals surface area (Å²) >= 11 is 0. The smallest absolute Gasteiger partial charge is 0.251 e. The van der Waals surface area contributed by atoms with Crippen LogP contribution in [-0.4, -0.2) is 32.7 Å². The van der Waals surface area contributed by atoms with Crippen LogP contribution >= 0.6 is 0 Å². The number of ether oxygens (including phenoxy) is 1. The number of unbranched alkanes of at least 4 members (excludes halogenated alkanes) is 1. The van der Waals surface area contributed by atoms with Crippen molar-refractivity contribution in [2.24, 2.45) is 0 Å². The van der Waals surface area contributed by atoms with Crippen molar-refractivity contribution in [3.8, 4) is 5.75 Å². The van der Waals surface area contributed by atoms with E-state index in [1.165, 1.54) is 0 Å². The molecular formula is C14H22N2O2. The number of amides is 1. The number of rotatable bonds is 8. The Labute approximate surface area is 109 Å². The maximum Gasteiger partial charge on any atom is 0.251 e. The predicted molar refractivity (Wildman–Crippen MR) is 73.1 cm³/mol. The molecule has 0 saturated heterocycles. The summed E-state index contributed by atoms with van der Waals surface area (Å²) < 4.78 is 5.54. The predicted octanol–water partition coefficient (Wildman–Crippen LogP) is 1.81. The van der Waals surface area contributed by atoms with Crippen LogP contribution in [0, 0.1) is 0 Å². The number of benzene rings is 1. The highest BCUT2D eigenvalue weighted by Crippen LogP contribution is 2.12. The Bertz CT molecular complexity index is 349. The Morgan fingerprint density at radius 2 is 1.94 bits per heavy atom. The van der Waals surface area contributed by atoms with Crippen molar-refractivity contribution in [2.75, 3.05) is 26.7 Å². The minimum Gasteiger partial charge on any atom is -0.494 e. The van der Waals surface area contributed by atoms with Crippen molar-refractivity contribution in [2.45, 2.75) is 19.8 Å². The number of nitrogens with one attached hydrogen (secondary N) is 2. The fraction of sp³-hybridized carbons (Fsp3) is 0.500. The zero-order chi connectivity index (χ0) is 13.2. The molecule has 18 heavy (non-hydrogen) atoms. The van der Waals surface area contributed by atoms with Crippen molar-refractivity contribution < 1.29 is 9.53 Å². The van der Waals surface area contributed by atoms with E-state index < -0.39 is 0 Å². The van der Waals surface area contributed by atoms with Gasteiger partial charge in [0.15, 0.2) is 0 Å². The molecule has 1 amide bonds. The molecule has 0 saturated carbocycles. The second kappa shape index (κ2) is 8.53. The lowest BCUT2D eigenvalue weighted by molar-refractivity contribution is 0.0954. The van der Waals surface area contributed by atoms with Crippen molar-refractivity contribution in [3.05, 3.63) is 29.8 Å². The number of carbonyl (C=O) groups is 1. The lowest BCUT2D eigenvalue weighted by Crippen LogP contribution is -2.30.